The Bertz CT molecular complexity index is 1180. The minimum absolute atomic E-state index is 0.0144. The van der Waals surface area contributed by atoms with Crippen LogP contribution in [0.4, 0.5) is 37.8 Å². The highest BCUT2D eigenvalue weighted by atomic mass is 79.9. The Balaban J connectivity index is 1.55. The molecule has 13 heteroatoms. The summed E-state index contributed by atoms with van der Waals surface area (Å²) in [7, 11) is 0. The SMILES string of the molecule is O=C(Nc1ccc(OC(F)(F)F)cc1)c1cc2n(n1)[C@@H](C(F)(F)F)C[C@H](c1ccc(Br)cc1)N2. The predicted octanol–water partition coefficient (Wildman–Crippen LogP) is 6.46. The molecule has 2 aromatic carbocycles. The van der Waals surface area contributed by atoms with Crippen LogP contribution in [0.3, 0.4) is 0 Å². The van der Waals surface area contributed by atoms with E-state index >= 15 is 0 Å². The lowest BCUT2D eigenvalue weighted by molar-refractivity contribution is -0.274. The topological polar surface area (TPSA) is 68.2 Å². The van der Waals surface area contributed by atoms with Gasteiger partial charge in [0.1, 0.15) is 11.6 Å². The normalized spacial score (nSPS) is 18.1. The van der Waals surface area contributed by atoms with E-state index in [4.69, 9.17) is 0 Å². The number of amides is 1. The van der Waals surface area contributed by atoms with E-state index in [2.05, 4.69) is 36.4 Å². The number of carbonyl (C=O) groups is 1. The molecular formula is C21H15BrF6N4O2. The van der Waals surface area contributed by atoms with Crippen molar-refractivity contribution in [1.29, 1.82) is 0 Å². The number of halogens is 7. The van der Waals surface area contributed by atoms with Gasteiger partial charge in [0, 0.05) is 22.6 Å². The summed E-state index contributed by atoms with van der Waals surface area (Å²) in [5, 5.41) is 9.22. The number of hydrogen-bond acceptors (Lipinski definition) is 4. The second-order valence-electron chi connectivity index (χ2n) is 7.43. The van der Waals surface area contributed by atoms with Crippen molar-refractivity contribution in [3.05, 3.63) is 70.3 Å². The molecule has 0 spiro atoms. The van der Waals surface area contributed by atoms with Crippen LogP contribution in [-0.4, -0.2) is 28.2 Å². The van der Waals surface area contributed by atoms with Crippen molar-refractivity contribution >= 4 is 33.3 Å². The number of nitrogens with zero attached hydrogens (tertiary/aromatic N) is 2. The highest BCUT2D eigenvalue weighted by molar-refractivity contribution is 9.10. The summed E-state index contributed by atoms with van der Waals surface area (Å²) in [5.41, 5.74) is 0.458. The molecule has 34 heavy (non-hydrogen) atoms. The first kappa shape index (κ1) is 23.9. The van der Waals surface area contributed by atoms with Crippen molar-refractivity contribution in [3.63, 3.8) is 0 Å². The van der Waals surface area contributed by atoms with Gasteiger partial charge in [0.15, 0.2) is 11.7 Å². The second-order valence-corrected chi connectivity index (χ2v) is 8.34. The smallest absolute Gasteiger partial charge is 0.406 e. The minimum Gasteiger partial charge on any atom is -0.406 e. The number of rotatable bonds is 4. The van der Waals surface area contributed by atoms with Crippen molar-refractivity contribution in [1.82, 2.24) is 9.78 Å². The lowest BCUT2D eigenvalue weighted by atomic mass is 9.97. The first-order valence-corrected chi connectivity index (χ1v) is 10.5. The molecule has 0 aliphatic carbocycles. The Morgan fingerprint density at radius 3 is 2.29 bits per heavy atom. The average Bonchev–Trinajstić information content (AvgIpc) is 3.17. The maximum Gasteiger partial charge on any atom is 0.573 e. The van der Waals surface area contributed by atoms with E-state index in [0.717, 1.165) is 33.4 Å². The Hall–Kier alpha value is -3.22. The molecular weight excluding hydrogens is 534 g/mol. The lowest BCUT2D eigenvalue weighted by Crippen LogP contribution is -2.35. The Kier molecular flexibility index (Phi) is 6.23. The van der Waals surface area contributed by atoms with Gasteiger partial charge in [-0.2, -0.15) is 18.3 Å². The van der Waals surface area contributed by atoms with Gasteiger partial charge in [-0.3, -0.25) is 4.79 Å². The molecule has 2 heterocycles. The molecule has 180 valence electrons. The molecule has 0 unspecified atom stereocenters. The fourth-order valence-electron chi connectivity index (χ4n) is 3.53. The maximum absolute atomic E-state index is 13.8. The van der Waals surface area contributed by atoms with Gasteiger partial charge in [0.25, 0.3) is 5.91 Å². The fourth-order valence-corrected chi connectivity index (χ4v) is 3.80. The zero-order valence-corrected chi connectivity index (χ0v) is 18.5. The van der Waals surface area contributed by atoms with Crippen molar-refractivity contribution in [2.24, 2.45) is 0 Å². The van der Waals surface area contributed by atoms with E-state index in [1.807, 2.05) is 0 Å². The zero-order chi connectivity index (χ0) is 24.7. The van der Waals surface area contributed by atoms with Crippen molar-refractivity contribution in [3.8, 4) is 5.75 Å². The number of benzene rings is 2. The zero-order valence-electron chi connectivity index (χ0n) is 16.9. The molecule has 2 atom stereocenters. The van der Waals surface area contributed by atoms with E-state index in [9.17, 15) is 31.1 Å². The first-order chi connectivity index (χ1) is 15.9. The number of fused-ring (bicyclic) bond motifs is 1. The van der Waals surface area contributed by atoms with Gasteiger partial charge in [-0.15, -0.1) is 13.2 Å². The van der Waals surface area contributed by atoms with Crippen LogP contribution in [0, 0.1) is 0 Å². The molecule has 0 bridgehead atoms. The molecule has 1 aliphatic rings. The fraction of sp³-hybridized carbons (Fsp3) is 0.238. The monoisotopic (exact) mass is 548 g/mol. The van der Waals surface area contributed by atoms with E-state index in [1.165, 1.54) is 6.07 Å². The van der Waals surface area contributed by atoms with Gasteiger partial charge in [-0.05, 0) is 42.0 Å². The number of nitrogens with one attached hydrogen (secondary N) is 2. The van der Waals surface area contributed by atoms with E-state index in [0.29, 0.717) is 5.56 Å². The number of aromatic nitrogens is 2. The van der Waals surface area contributed by atoms with E-state index in [1.54, 1.807) is 24.3 Å². The van der Waals surface area contributed by atoms with Crippen LogP contribution in [0.15, 0.2) is 59.1 Å². The van der Waals surface area contributed by atoms with Crippen LogP contribution in [0.25, 0.3) is 0 Å². The summed E-state index contributed by atoms with van der Waals surface area (Å²) in [6.07, 6.45) is -9.81. The highest BCUT2D eigenvalue weighted by Gasteiger charge is 2.46. The van der Waals surface area contributed by atoms with Crippen LogP contribution in [0.1, 0.15) is 34.6 Å². The molecule has 0 saturated heterocycles. The van der Waals surface area contributed by atoms with E-state index in [-0.39, 0.29) is 23.6 Å². The van der Waals surface area contributed by atoms with Gasteiger partial charge in [0.05, 0.1) is 6.04 Å². The minimum atomic E-state index is -4.86. The summed E-state index contributed by atoms with van der Waals surface area (Å²) in [5.74, 6) is -1.30. The molecule has 2 N–H and O–H groups in total. The van der Waals surface area contributed by atoms with Crippen LogP contribution in [0.5, 0.6) is 5.75 Å². The van der Waals surface area contributed by atoms with Crippen molar-refractivity contribution < 1.29 is 35.9 Å². The first-order valence-electron chi connectivity index (χ1n) is 9.74. The third-order valence-corrected chi connectivity index (χ3v) is 5.57. The van der Waals surface area contributed by atoms with Gasteiger partial charge in [-0.25, -0.2) is 4.68 Å². The second kappa shape index (κ2) is 8.85. The molecule has 3 aromatic rings. The quantitative estimate of drug-likeness (QED) is 0.367. The number of alkyl halides is 6. The molecule has 6 nitrogen and oxygen atoms in total. The standard InChI is InChI=1S/C21H15BrF6N4O2/c22-12-3-1-11(2-4-12)15-9-17(20(23,24)25)32-18(30-15)10-16(31-32)19(33)29-13-5-7-14(8-6-13)34-21(26,27)28/h1-8,10,15,17,30H,9H2,(H,29,33)/t15-,17-/m1/s1. The maximum atomic E-state index is 13.8. The Morgan fingerprint density at radius 2 is 1.71 bits per heavy atom. The number of ether oxygens (including phenoxy) is 1. The number of carbonyl (C=O) groups excluding carboxylic acids is 1. The molecule has 0 radical (unpaired) electrons. The third kappa shape index (κ3) is 5.46. The van der Waals surface area contributed by atoms with Crippen molar-refractivity contribution in [2.75, 3.05) is 10.6 Å². The molecule has 0 fully saturated rings. The van der Waals surface area contributed by atoms with Crippen LogP contribution in [0.2, 0.25) is 0 Å². The number of anilines is 2. The summed E-state index contributed by atoms with van der Waals surface area (Å²) < 4.78 is 83.4. The largest absolute Gasteiger partial charge is 0.573 e. The third-order valence-electron chi connectivity index (χ3n) is 5.04. The van der Waals surface area contributed by atoms with Crippen LogP contribution in [-0.2, 0) is 0 Å². The Labute approximate surface area is 197 Å². The lowest BCUT2D eigenvalue weighted by Gasteiger charge is -2.33. The van der Waals surface area contributed by atoms with Crippen LogP contribution < -0.4 is 15.4 Å². The van der Waals surface area contributed by atoms with E-state index < -0.39 is 36.3 Å². The molecule has 1 amide bonds. The molecule has 0 saturated carbocycles. The van der Waals surface area contributed by atoms with Gasteiger partial charge in [0.2, 0.25) is 0 Å². The summed E-state index contributed by atoms with van der Waals surface area (Å²) in [6.45, 7) is 0. The Morgan fingerprint density at radius 1 is 1.06 bits per heavy atom. The molecule has 1 aliphatic heterocycles. The van der Waals surface area contributed by atoms with Crippen molar-refractivity contribution in [2.45, 2.75) is 31.0 Å². The molecule has 1 aromatic heterocycles. The van der Waals surface area contributed by atoms with Crippen LogP contribution >= 0.6 is 15.9 Å². The molecule has 4 rings (SSSR count). The van der Waals surface area contributed by atoms with Gasteiger partial charge < -0.3 is 15.4 Å². The summed E-state index contributed by atoms with van der Waals surface area (Å²) in [4.78, 5) is 12.6. The summed E-state index contributed by atoms with van der Waals surface area (Å²) in [6, 6.07) is 9.70. The number of hydrogen-bond donors (Lipinski definition) is 2. The van der Waals surface area contributed by atoms with Gasteiger partial charge in [-0.1, -0.05) is 28.1 Å². The predicted molar refractivity (Wildman–Crippen MR) is 114 cm³/mol. The van der Waals surface area contributed by atoms with Gasteiger partial charge >= 0.3 is 12.5 Å². The average molecular weight is 549 g/mol. The summed E-state index contributed by atoms with van der Waals surface area (Å²) >= 11 is 3.29. The highest BCUT2D eigenvalue weighted by Crippen LogP contribution is 2.43.